The van der Waals surface area contributed by atoms with Crippen LogP contribution in [0.25, 0.3) is 11.1 Å². The second kappa shape index (κ2) is 6.72. The van der Waals surface area contributed by atoms with Crippen LogP contribution in [0.4, 0.5) is 0 Å². The number of rotatable bonds is 3. The lowest BCUT2D eigenvalue weighted by Gasteiger charge is -2.09. The summed E-state index contributed by atoms with van der Waals surface area (Å²) in [5.74, 6) is 0. The largest absolute Gasteiger partial charge is 0.280 e. The number of hydrogen-bond acceptors (Lipinski definition) is 2. The quantitative estimate of drug-likeness (QED) is 0.467. The molecular weight excluding hydrogens is 357 g/mol. The number of thiophene rings is 1. The Morgan fingerprint density at radius 3 is 2.33 bits per heavy atom. The molecule has 0 bridgehead atoms. The molecule has 4 rings (SSSR count). The van der Waals surface area contributed by atoms with E-state index < -0.39 is 0 Å². The van der Waals surface area contributed by atoms with Gasteiger partial charge in [-0.2, -0.15) is 0 Å². The van der Waals surface area contributed by atoms with Crippen molar-refractivity contribution in [3.8, 4) is 11.1 Å². The van der Waals surface area contributed by atoms with Crippen LogP contribution in [0.1, 0.15) is 29.3 Å². The Bertz CT molecular complexity index is 862. The summed E-state index contributed by atoms with van der Waals surface area (Å²) in [4.78, 5) is 6.21. The topological polar surface area (TPSA) is 12.4 Å². The third-order valence-electron chi connectivity index (χ3n) is 4.26. The summed E-state index contributed by atoms with van der Waals surface area (Å²) in [6.45, 7) is 0. The maximum Gasteiger partial charge on any atom is 0.0756 e. The number of nitrogens with zero attached hydrogens (tertiary/aromatic N) is 1. The van der Waals surface area contributed by atoms with Gasteiger partial charge in [-0.1, -0.05) is 53.5 Å². The smallest absolute Gasteiger partial charge is 0.0756 e. The molecule has 120 valence electrons. The number of halogens is 2. The van der Waals surface area contributed by atoms with Crippen molar-refractivity contribution in [3.63, 3.8) is 0 Å². The van der Waals surface area contributed by atoms with Gasteiger partial charge >= 0.3 is 0 Å². The predicted molar refractivity (Wildman–Crippen MR) is 105 cm³/mol. The Balaban J connectivity index is 1.58. The molecule has 0 amide bonds. The molecule has 3 aromatic rings. The average Bonchev–Trinajstić information content (AvgIpc) is 3.25. The minimum absolute atomic E-state index is 0.263. The molecule has 0 spiro atoms. The molecule has 1 aliphatic rings. The van der Waals surface area contributed by atoms with Gasteiger partial charge in [-0.05, 0) is 59.2 Å². The number of benzene rings is 2. The summed E-state index contributed by atoms with van der Waals surface area (Å²) >= 11 is 14.0. The average molecular weight is 372 g/mol. The second-order valence-corrected chi connectivity index (χ2v) is 7.71. The van der Waals surface area contributed by atoms with Crippen molar-refractivity contribution in [1.82, 2.24) is 0 Å². The van der Waals surface area contributed by atoms with E-state index in [1.807, 2.05) is 12.1 Å². The highest BCUT2D eigenvalue weighted by Gasteiger charge is 2.20. The van der Waals surface area contributed by atoms with Crippen LogP contribution in [0, 0.1) is 0 Å². The molecule has 1 atom stereocenters. The van der Waals surface area contributed by atoms with Crippen LogP contribution in [0.2, 0.25) is 10.0 Å². The summed E-state index contributed by atoms with van der Waals surface area (Å²) in [7, 11) is 0. The van der Waals surface area contributed by atoms with E-state index in [0.717, 1.165) is 24.0 Å². The fourth-order valence-corrected chi connectivity index (χ4v) is 4.36. The molecule has 2 heterocycles. The molecule has 4 heteroatoms. The molecule has 1 nitrogen and oxygen atoms in total. The van der Waals surface area contributed by atoms with Gasteiger partial charge < -0.3 is 0 Å². The van der Waals surface area contributed by atoms with E-state index in [4.69, 9.17) is 28.2 Å². The summed E-state index contributed by atoms with van der Waals surface area (Å²) in [5, 5.41) is 3.42. The van der Waals surface area contributed by atoms with E-state index in [-0.39, 0.29) is 6.04 Å². The monoisotopic (exact) mass is 371 g/mol. The lowest BCUT2D eigenvalue weighted by Crippen LogP contribution is -1.91. The third kappa shape index (κ3) is 3.27. The first-order chi connectivity index (χ1) is 11.7. The van der Waals surface area contributed by atoms with Crippen LogP contribution in [0.5, 0.6) is 0 Å². The second-order valence-electron chi connectivity index (χ2n) is 5.89. The fraction of sp³-hybridized carbons (Fsp3) is 0.150. The minimum Gasteiger partial charge on any atom is -0.280 e. The summed E-state index contributed by atoms with van der Waals surface area (Å²) in [6, 6.07) is 18.7. The zero-order chi connectivity index (χ0) is 16.5. The van der Waals surface area contributed by atoms with E-state index in [2.05, 4.69) is 41.8 Å². The highest BCUT2D eigenvalue weighted by Crippen LogP contribution is 2.34. The molecule has 0 N–H and O–H groups in total. The highest BCUT2D eigenvalue weighted by molar-refractivity contribution is 7.12. The normalized spacial score (nSPS) is 17.1. The van der Waals surface area contributed by atoms with E-state index in [0.29, 0.717) is 10.0 Å². The maximum atomic E-state index is 6.10. The zero-order valence-electron chi connectivity index (χ0n) is 12.9. The Labute approximate surface area is 155 Å². The molecule has 0 aliphatic carbocycles. The van der Waals surface area contributed by atoms with Crippen LogP contribution in [-0.4, -0.2) is 5.71 Å². The van der Waals surface area contributed by atoms with Crippen molar-refractivity contribution in [2.75, 3.05) is 0 Å². The lowest BCUT2D eigenvalue weighted by atomic mass is 9.99. The highest BCUT2D eigenvalue weighted by atomic mass is 35.5. The van der Waals surface area contributed by atoms with Gasteiger partial charge in [0.2, 0.25) is 0 Å². The van der Waals surface area contributed by atoms with E-state index in [1.165, 1.54) is 16.2 Å². The van der Waals surface area contributed by atoms with Gasteiger partial charge in [-0.15, -0.1) is 11.3 Å². The Morgan fingerprint density at radius 1 is 0.917 bits per heavy atom. The van der Waals surface area contributed by atoms with Crippen LogP contribution in [-0.2, 0) is 0 Å². The van der Waals surface area contributed by atoms with Crippen molar-refractivity contribution >= 4 is 40.3 Å². The van der Waals surface area contributed by atoms with Crippen LogP contribution in [0.3, 0.4) is 0 Å². The number of aliphatic imine (C=N–C) groups is 1. The van der Waals surface area contributed by atoms with Crippen LogP contribution in [0.15, 0.2) is 65.0 Å². The Morgan fingerprint density at radius 2 is 1.67 bits per heavy atom. The summed E-state index contributed by atoms with van der Waals surface area (Å²) < 4.78 is 0. The Kier molecular flexibility index (Phi) is 4.45. The first kappa shape index (κ1) is 15.9. The molecule has 24 heavy (non-hydrogen) atoms. The molecule has 0 radical (unpaired) electrons. The van der Waals surface area contributed by atoms with Crippen molar-refractivity contribution in [2.24, 2.45) is 4.99 Å². The third-order valence-corrected chi connectivity index (χ3v) is 5.62. The molecule has 0 saturated carbocycles. The molecule has 0 fully saturated rings. The van der Waals surface area contributed by atoms with E-state index >= 15 is 0 Å². The standard InChI is InChI=1S/C20H15Cl2NS/c21-16-10-15(11-17(22)12-16)13-3-5-14(6-4-13)18-7-8-19(23-18)20-2-1-9-24-20/h1-6,9-12,18H,7-8H2. The van der Waals surface area contributed by atoms with Gasteiger partial charge in [-0.25, -0.2) is 0 Å². The summed E-state index contributed by atoms with van der Waals surface area (Å²) in [6.07, 6.45) is 2.13. The van der Waals surface area contributed by atoms with Gasteiger partial charge in [0, 0.05) is 14.9 Å². The van der Waals surface area contributed by atoms with Gasteiger partial charge in [0.25, 0.3) is 0 Å². The molecular formula is C20H15Cl2NS. The SMILES string of the molecule is Clc1cc(Cl)cc(-c2ccc(C3CCC(c4cccs4)=N3)cc2)c1. The Hall–Kier alpha value is -1.61. The fourth-order valence-electron chi connectivity index (χ4n) is 3.08. The molecule has 2 aromatic carbocycles. The summed E-state index contributed by atoms with van der Waals surface area (Å²) in [5.41, 5.74) is 4.65. The zero-order valence-corrected chi connectivity index (χ0v) is 15.2. The minimum atomic E-state index is 0.263. The van der Waals surface area contributed by atoms with Crippen LogP contribution >= 0.6 is 34.5 Å². The van der Waals surface area contributed by atoms with Crippen molar-refractivity contribution in [3.05, 3.63) is 80.5 Å². The molecule has 1 aliphatic heterocycles. The van der Waals surface area contributed by atoms with E-state index in [9.17, 15) is 0 Å². The van der Waals surface area contributed by atoms with Crippen molar-refractivity contribution in [1.29, 1.82) is 0 Å². The maximum absolute atomic E-state index is 6.10. The van der Waals surface area contributed by atoms with Gasteiger partial charge in [-0.3, -0.25) is 4.99 Å². The van der Waals surface area contributed by atoms with Crippen molar-refractivity contribution in [2.45, 2.75) is 18.9 Å². The van der Waals surface area contributed by atoms with Gasteiger partial charge in [0.15, 0.2) is 0 Å². The lowest BCUT2D eigenvalue weighted by molar-refractivity contribution is 0.723. The van der Waals surface area contributed by atoms with Crippen LogP contribution < -0.4 is 0 Å². The first-order valence-corrected chi connectivity index (χ1v) is 9.49. The molecule has 0 saturated heterocycles. The number of hydrogen-bond donors (Lipinski definition) is 0. The molecule has 1 aromatic heterocycles. The van der Waals surface area contributed by atoms with Gasteiger partial charge in [0.05, 0.1) is 11.8 Å². The predicted octanol–water partition coefficient (Wildman–Crippen LogP) is 7.05. The molecule has 1 unspecified atom stereocenters. The van der Waals surface area contributed by atoms with Crippen molar-refractivity contribution < 1.29 is 0 Å². The van der Waals surface area contributed by atoms with Gasteiger partial charge in [0.1, 0.15) is 0 Å². The first-order valence-electron chi connectivity index (χ1n) is 7.86. The van der Waals surface area contributed by atoms with E-state index in [1.54, 1.807) is 17.4 Å².